The molecule has 0 fully saturated rings. The summed E-state index contributed by atoms with van der Waals surface area (Å²) in [5.41, 5.74) is 3.34. The number of ether oxygens (including phenoxy) is 1. The van der Waals surface area contributed by atoms with Crippen molar-refractivity contribution in [2.75, 3.05) is 13.2 Å². The molecule has 5 nitrogen and oxygen atoms in total. The molecule has 0 aliphatic rings. The van der Waals surface area contributed by atoms with Gasteiger partial charge in [0.1, 0.15) is 11.6 Å². The molecule has 1 amide bonds. The first-order valence-electron chi connectivity index (χ1n) is 10.1. The fourth-order valence-electron chi connectivity index (χ4n) is 3.29. The SMILES string of the molecule is CCC(=O)NCCCc1nc2ccccc2n1CCCOc1ccccc1C. The minimum absolute atomic E-state index is 0.0989. The highest BCUT2D eigenvalue weighted by Gasteiger charge is 2.10. The third-order valence-electron chi connectivity index (χ3n) is 4.83. The number of benzene rings is 2. The Labute approximate surface area is 166 Å². The zero-order valence-corrected chi connectivity index (χ0v) is 16.8. The second kappa shape index (κ2) is 9.93. The molecule has 0 saturated carbocycles. The van der Waals surface area contributed by atoms with E-state index in [1.165, 1.54) is 0 Å². The van der Waals surface area contributed by atoms with Gasteiger partial charge in [0.25, 0.3) is 0 Å². The maximum absolute atomic E-state index is 11.4. The van der Waals surface area contributed by atoms with Crippen molar-refractivity contribution in [3.05, 3.63) is 59.9 Å². The molecule has 0 radical (unpaired) electrons. The maximum atomic E-state index is 11.4. The lowest BCUT2D eigenvalue weighted by molar-refractivity contribution is -0.120. The zero-order valence-electron chi connectivity index (χ0n) is 16.8. The largest absolute Gasteiger partial charge is 0.493 e. The number of nitrogens with one attached hydrogen (secondary N) is 1. The molecule has 1 N–H and O–H groups in total. The molecule has 3 aromatic rings. The van der Waals surface area contributed by atoms with E-state index in [1.807, 2.05) is 31.2 Å². The smallest absolute Gasteiger partial charge is 0.219 e. The third-order valence-corrected chi connectivity index (χ3v) is 4.83. The molecule has 2 aromatic carbocycles. The number of nitrogens with zero attached hydrogens (tertiary/aromatic N) is 2. The summed E-state index contributed by atoms with van der Waals surface area (Å²) < 4.78 is 8.23. The Morgan fingerprint density at radius 2 is 1.89 bits per heavy atom. The van der Waals surface area contributed by atoms with E-state index in [0.29, 0.717) is 19.6 Å². The molecule has 3 rings (SSSR count). The van der Waals surface area contributed by atoms with Gasteiger partial charge in [0.2, 0.25) is 5.91 Å². The summed E-state index contributed by atoms with van der Waals surface area (Å²) in [6.45, 7) is 6.15. The number of hydrogen-bond acceptors (Lipinski definition) is 3. The molecule has 0 aliphatic carbocycles. The minimum Gasteiger partial charge on any atom is -0.493 e. The first-order chi connectivity index (χ1) is 13.7. The van der Waals surface area contributed by atoms with Crippen molar-refractivity contribution in [1.29, 1.82) is 0 Å². The van der Waals surface area contributed by atoms with Crippen LogP contribution in [0.4, 0.5) is 0 Å². The van der Waals surface area contributed by atoms with Gasteiger partial charge in [-0.3, -0.25) is 4.79 Å². The first-order valence-corrected chi connectivity index (χ1v) is 10.1. The van der Waals surface area contributed by atoms with E-state index < -0.39 is 0 Å². The van der Waals surface area contributed by atoms with Crippen molar-refractivity contribution in [3.8, 4) is 5.75 Å². The first kappa shape index (κ1) is 19.9. The molecule has 5 heteroatoms. The van der Waals surface area contributed by atoms with Crippen LogP contribution in [0.25, 0.3) is 11.0 Å². The lowest BCUT2D eigenvalue weighted by Crippen LogP contribution is -2.23. The summed E-state index contributed by atoms with van der Waals surface area (Å²) >= 11 is 0. The molecule has 0 aliphatic heterocycles. The van der Waals surface area contributed by atoms with Crippen LogP contribution in [0.1, 0.15) is 37.6 Å². The van der Waals surface area contributed by atoms with Crippen LogP contribution >= 0.6 is 0 Å². The number of carbonyl (C=O) groups is 1. The highest BCUT2D eigenvalue weighted by atomic mass is 16.5. The summed E-state index contributed by atoms with van der Waals surface area (Å²) in [6, 6.07) is 16.3. The van der Waals surface area contributed by atoms with Crippen LogP contribution in [0.5, 0.6) is 5.75 Å². The number of carbonyl (C=O) groups excluding carboxylic acids is 1. The fraction of sp³-hybridized carbons (Fsp3) is 0.391. The number of amides is 1. The van der Waals surface area contributed by atoms with Crippen LogP contribution < -0.4 is 10.1 Å². The molecule has 0 bridgehead atoms. The Bertz CT molecular complexity index is 917. The fourth-order valence-corrected chi connectivity index (χ4v) is 3.29. The predicted molar refractivity (Wildman–Crippen MR) is 113 cm³/mol. The topological polar surface area (TPSA) is 56.2 Å². The van der Waals surface area contributed by atoms with Gasteiger partial charge in [-0.25, -0.2) is 4.98 Å². The van der Waals surface area contributed by atoms with Crippen molar-refractivity contribution < 1.29 is 9.53 Å². The number of imidazole rings is 1. The molecule has 1 heterocycles. The minimum atomic E-state index is 0.0989. The van der Waals surface area contributed by atoms with Gasteiger partial charge in [-0.2, -0.15) is 0 Å². The monoisotopic (exact) mass is 379 g/mol. The lowest BCUT2D eigenvalue weighted by atomic mass is 10.2. The quantitative estimate of drug-likeness (QED) is 0.535. The van der Waals surface area contributed by atoms with Crippen LogP contribution in [0, 0.1) is 6.92 Å². The van der Waals surface area contributed by atoms with Crippen molar-refractivity contribution in [2.45, 2.75) is 46.1 Å². The summed E-state index contributed by atoms with van der Waals surface area (Å²) in [6.07, 6.45) is 3.17. The Balaban J connectivity index is 1.60. The van der Waals surface area contributed by atoms with Gasteiger partial charge in [-0.05, 0) is 43.5 Å². The summed E-state index contributed by atoms with van der Waals surface area (Å²) in [7, 11) is 0. The van der Waals surface area contributed by atoms with E-state index in [0.717, 1.165) is 54.0 Å². The molecule has 0 saturated heterocycles. The summed E-state index contributed by atoms with van der Waals surface area (Å²) in [4.78, 5) is 16.2. The Morgan fingerprint density at radius 1 is 1.11 bits per heavy atom. The van der Waals surface area contributed by atoms with Crippen LogP contribution in [0.15, 0.2) is 48.5 Å². The Hall–Kier alpha value is -2.82. The molecule has 0 spiro atoms. The number of hydrogen-bond donors (Lipinski definition) is 1. The van der Waals surface area contributed by atoms with Gasteiger partial charge in [-0.15, -0.1) is 0 Å². The predicted octanol–water partition coefficient (Wildman–Crippen LogP) is 4.27. The zero-order chi connectivity index (χ0) is 19.8. The van der Waals surface area contributed by atoms with E-state index in [2.05, 4.69) is 41.1 Å². The van der Waals surface area contributed by atoms with Crippen molar-refractivity contribution in [2.24, 2.45) is 0 Å². The van der Waals surface area contributed by atoms with Crippen molar-refractivity contribution >= 4 is 16.9 Å². The summed E-state index contributed by atoms with van der Waals surface area (Å²) in [5.74, 6) is 2.12. The highest BCUT2D eigenvalue weighted by molar-refractivity contribution is 5.76. The molecule has 0 unspecified atom stereocenters. The maximum Gasteiger partial charge on any atom is 0.219 e. The second-order valence-corrected chi connectivity index (χ2v) is 6.94. The number of rotatable bonds is 10. The van der Waals surface area contributed by atoms with E-state index in [1.54, 1.807) is 0 Å². The van der Waals surface area contributed by atoms with Gasteiger partial charge in [-0.1, -0.05) is 37.3 Å². The number of aromatic nitrogens is 2. The van der Waals surface area contributed by atoms with Gasteiger partial charge in [0.15, 0.2) is 0 Å². The number of para-hydroxylation sites is 3. The van der Waals surface area contributed by atoms with Gasteiger partial charge in [0, 0.05) is 25.9 Å². The molecule has 28 heavy (non-hydrogen) atoms. The molecule has 1 aromatic heterocycles. The Kier molecular flexibility index (Phi) is 7.06. The summed E-state index contributed by atoms with van der Waals surface area (Å²) in [5, 5.41) is 2.94. The molecule has 0 atom stereocenters. The number of fused-ring (bicyclic) bond motifs is 1. The van der Waals surface area contributed by atoms with Crippen LogP contribution in [0.3, 0.4) is 0 Å². The van der Waals surface area contributed by atoms with Crippen molar-refractivity contribution in [3.63, 3.8) is 0 Å². The van der Waals surface area contributed by atoms with Crippen LogP contribution in [0.2, 0.25) is 0 Å². The van der Waals surface area contributed by atoms with Crippen LogP contribution in [-0.2, 0) is 17.8 Å². The molecular formula is C23H29N3O2. The average Bonchev–Trinajstić information content (AvgIpc) is 3.07. The normalized spacial score (nSPS) is 10.9. The van der Waals surface area contributed by atoms with Crippen molar-refractivity contribution in [1.82, 2.24) is 14.9 Å². The van der Waals surface area contributed by atoms with Crippen LogP contribution in [-0.4, -0.2) is 28.6 Å². The highest BCUT2D eigenvalue weighted by Crippen LogP contribution is 2.19. The molecule has 148 valence electrons. The standard InChI is InChI=1S/C23H29N3O2/c1-3-23(27)24-15-8-14-22-25-19-11-5-6-12-20(19)26(22)16-9-17-28-21-13-7-4-10-18(21)2/h4-7,10-13H,3,8-9,14-17H2,1-2H3,(H,24,27). The van der Waals surface area contributed by atoms with E-state index in [4.69, 9.17) is 9.72 Å². The van der Waals surface area contributed by atoms with E-state index in [-0.39, 0.29) is 5.91 Å². The third kappa shape index (κ3) is 5.12. The average molecular weight is 380 g/mol. The van der Waals surface area contributed by atoms with Gasteiger partial charge < -0.3 is 14.6 Å². The Morgan fingerprint density at radius 3 is 2.71 bits per heavy atom. The lowest BCUT2D eigenvalue weighted by Gasteiger charge is -2.12. The second-order valence-electron chi connectivity index (χ2n) is 6.94. The molecular weight excluding hydrogens is 350 g/mol. The van der Waals surface area contributed by atoms with E-state index >= 15 is 0 Å². The van der Waals surface area contributed by atoms with E-state index in [9.17, 15) is 4.79 Å². The van der Waals surface area contributed by atoms with Gasteiger partial charge >= 0.3 is 0 Å². The van der Waals surface area contributed by atoms with Gasteiger partial charge in [0.05, 0.1) is 17.6 Å². The number of aryl methyl sites for hydroxylation is 3.